The van der Waals surface area contributed by atoms with Crippen molar-refractivity contribution in [3.05, 3.63) is 0 Å². The molecule has 0 aromatic heterocycles. The lowest BCUT2D eigenvalue weighted by Crippen LogP contribution is -2.50. The molecule has 2 fully saturated rings. The van der Waals surface area contributed by atoms with Crippen LogP contribution in [0, 0.1) is 11.3 Å². The lowest BCUT2D eigenvalue weighted by atomic mass is 9.66. The van der Waals surface area contributed by atoms with E-state index in [-0.39, 0.29) is 5.41 Å². The lowest BCUT2D eigenvalue weighted by Gasteiger charge is -2.44. The summed E-state index contributed by atoms with van der Waals surface area (Å²) in [5.74, 6) is 0.563. The van der Waals surface area contributed by atoms with Crippen molar-refractivity contribution in [1.82, 2.24) is 0 Å². The number of hydrogen-bond acceptors (Lipinski definition) is 3. The van der Waals surface area contributed by atoms with Gasteiger partial charge in [0.1, 0.15) is 0 Å². The van der Waals surface area contributed by atoms with Crippen LogP contribution in [0.2, 0.25) is 0 Å². The summed E-state index contributed by atoms with van der Waals surface area (Å²) in [6.07, 6.45) is 11.8. The fourth-order valence-corrected chi connectivity index (χ4v) is 4.06. The zero-order valence-corrected chi connectivity index (χ0v) is 11.7. The molecular formula is C15H30N2O. The van der Waals surface area contributed by atoms with Gasteiger partial charge in [-0.25, -0.2) is 0 Å². The molecule has 2 rings (SSSR count). The Morgan fingerprint density at radius 2 is 1.72 bits per heavy atom. The van der Waals surface area contributed by atoms with E-state index in [4.69, 9.17) is 16.2 Å². The minimum absolute atomic E-state index is 0.162. The molecule has 3 nitrogen and oxygen atoms in total. The summed E-state index contributed by atoms with van der Waals surface area (Å²) in [7, 11) is 0. The summed E-state index contributed by atoms with van der Waals surface area (Å²) < 4.78 is 6.19. The SMILES string of the molecule is NCC1CCCCCC1(CN)C1CCCCCO1. The third-order valence-corrected chi connectivity index (χ3v) is 5.24. The van der Waals surface area contributed by atoms with Gasteiger partial charge in [-0.3, -0.25) is 0 Å². The van der Waals surface area contributed by atoms with Gasteiger partial charge in [0.25, 0.3) is 0 Å². The molecule has 2 aliphatic rings. The minimum Gasteiger partial charge on any atom is -0.378 e. The van der Waals surface area contributed by atoms with Gasteiger partial charge < -0.3 is 16.2 Å². The molecule has 1 saturated carbocycles. The Bertz CT molecular complexity index is 239. The fourth-order valence-electron chi connectivity index (χ4n) is 4.06. The molecule has 3 unspecified atom stereocenters. The summed E-state index contributed by atoms with van der Waals surface area (Å²) in [6.45, 7) is 2.44. The largest absolute Gasteiger partial charge is 0.378 e. The van der Waals surface area contributed by atoms with Gasteiger partial charge in [-0.15, -0.1) is 0 Å². The summed E-state index contributed by atoms with van der Waals surface area (Å²) >= 11 is 0. The van der Waals surface area contributed by atoms with Gasteiger partial charge in [-0.1, -0.05) is 32.1 Å². The van der Waals surface area contributed by atoms with Crippen molar-refractivity contribution in [3.63, 3.8) is 0 Å². The predicted octanol–water partition coefficient (Wildman–Crippen LogP) is 2.43. The molecule has 1 saturated heterocycles. The first kappa shape index (κ1) is 14.3. The second-order valence-electron chi connectivity index (χ2n) is 6.18. The van der Waals surface area contributed by atoms with Gasteiger partial charge >= 0.3 is 0 Å². The van der Waals surface area contributed by atoms with Gasteiger partial charge in [-0.2, -0.15) is 0 Å². The zero-order valence-electron chi connectivity index (χ0n) is 11.7. The molecule has 0 aromatic rings. The first-order valence-electron chi connectivity index (χ1n) is 7.85. The van der Waals surface area contributed by atoms with Crippen molar-refractivity contribution in [2.45, 2.75) is 63.9 Å². The third kappa shape index (κ3) is 2.89. The molecule has 0 radical (unpaired) electrons. The van der Waals surface area contributed by atoms with Gasteiger partial charge in [0.05, 0.1) is 6.10 Å². The maximum atomic E-state index is 6.22. The Morgan fingerprint density at radius 3 is 2.50 bits per heavy atom. The van der Waals surface area contributed by atoms with Crippen LogP contribution in [0.15, 0.2) is 0 Å². The molecule has 0 amide bonds. The summed E-state index contributed by atoms with van der Waals surface area (Å²) in [5, 5.41) is 0. The Hall–Kier alpha value is -0.120. The van der Waals surface area contributed by atoms with Crippen molar-refractivity contribution < 1.29 is 4.74 Å². The molecular weight excluding hydrogens is 224 g/mol. The van der Waals surface area contributed by atoms with Crippen LogP contribution < -0.4 is 11.5 Å². The molecule has 3 atom stereocenters. The average molecular weight is 254 g/mol. The van der Waals surface area contributed by atoms with Crippen LogP contribution in [0.4, 0.5) is 0 Å². The quantitative estimate of drug-likeness (QED) is 0.760. The molecule has 3 heteroatoms. The van der Waals surface area contributed by atoms with Crippen molar-refractivity contribution in [2.75, 3.05) is 19.7 Å². The van der Waals surface area contributed by atoms with Crippen LogP contribution in [-0.2, 0) is 4.74 Å². The van der Waals surface area contributed by atoms with E-state index in [2.05, 4.69) is 0 Å². The third-order valence-electron chi connectivity index (χ3n) is 5.24. The molecule has 106 valence electrons. The van der Waals surface area contributed by atoms with Crippen molar-refractivity contribution in [3.8, 4) is 0 Å². The molecule has 1 aliphatic carbocycles. The monoisotopic (exact) mass is 254 g/mol. The summed E-state index contributed by atoms with van der Waals surface area (Å²) in [5.41, 5.74) is 12.4. The highest BCUT2D eigenvalue weighted by atomic mass is 16.5. The minimum atomic E-state index is 0.162. The standard InChI is InChI=1S/C15H30N2O/c16-11-13-7-3-1-5-9-15(13,12-17)14-8-4-2-6-10-18-14/h13-14H,1-12,16-17H2. The molecule has 0 bridgehead atoms. The number of nitrogens with two attached hydrogens (primary N) is 2. The average Bonchev–Trinajstić information content (AvgIpc) is 2.79. The summed E-state index contributed by atoms with van der Waals surface area (Å²) in [4.78, 5) is 0. The Labute approximate surface area is 112 Å². The van der Waals surface area contributed by atoms with E-state index in [1.54, 1.807) is 0 Å². The van der Waals surface area contributed by atoms with Crippen LogP contribution >= 0.6 is 0 Å². The Balaban J connectivity index is 2.18. The number of ether oxygens (including phenoxy) is 1. The van der Waals surface area contributed by atoms with Gasteiger partial charge in [0, 0.05) is 18.6 Å². The van der Waals surface area contributed by atoms with E-state index in [1.165, 1.54) is 57.8 Å². The highest BCUT2D eigenvalue weighted by molar-refractivity contribution is 4.96. The fraction of sp³-hybridized carbons (Fsp3) is 1.00. The number of rotatable bonds is 3. The van der Waals surface area contributed by atoms with E-state index in [0.717, 1.165) is 19.7 Å². The topological polar surface area (TPSA) is 61.3 Å². The lowest BCUT2D eigenvalue weighted by molar-refractivity contribution is -0.0672. The second-order valence-corrected chi connectivity index (χ2v) is 6.18. The smallest absolute Gasteiger partial charge is 0.0646 e. The normalized spacial score (nSPS) is 39.0. The van der Waals surface area contributed by atoms with Gasteiger partial charge in [-0.05, 0) is 38.1 Å². The molecule has 1 aliphatic heterocycles. The second kappa shape index (κ2) is 6.88. The van der Waals surface area contributed by atoms with Crippen LogP contribution in [0.25, 0.3) is 0 Å². The van der Waals surface area contributed by atoms with Gasteiger partial charge in [0.2, 0.25) is 0 Å². The Morgan fingerprint density at radius 1 is 0.944 bits per heavy atom. The molecule has 0 aromatic carbocycles. The zero-order chi connectivity index (χ0) is 12.8. The van der Waals surface area contributed by atoms with Crippen LogP contribution in [0.3, 0.4) is 0 Å². The number of hydrogen-bond donors (Lipinski definition) is 2. The van der Waals surface area contributed by atoms with E-state index in [1.807, 2.05) is 0 Å². The molecule has 4 N–H and O–H groups in total. The van der Waals surface area contributed by atoms with Crippen LogP contribution in [0.5, 0.6) is 0 Å². The maximum absolute atomic E-state index is 6.22. The molecule has 1 heterocycles. The predicted molar refractivity (Wildman–Crippen MR) is 75.3 cm³/mol. The molecule has 0 spiro atoms. The van der Waals surface area contributed by atoms with E-state index < -0.39 is 0 Å². The summed E-state index contributed by atoms with van der Waals surface area (Å²) in [6, 6.07) is 0. The van der Waals surface area contributed by atoms with E-state index in [0.29, 0.717) is 12.0 Å². The van der Waals surface area contributed by atoms with Crippen molar-refractivity contribution in [2.24, 2.45) is 22.8 Å². The van der Waals surface area contributed by atoms with Crippen LogP contribution in [-0.4, -0.2) is 25.8 Å². The highest BCUT2D eigenvalue weighted by Crippen LogP contribution is 2.45. The Kier molecular flexibility index (Phi) is 5.46. The van der Waals surface area contributed by atoms with Crippen molar-refractivity contribution in [1.29, 1.82) is 0 Å². The van der Waals surface area contributed by atoms with Crippen LogP contribution in [0.1, 0.15) is 57.8 Å². The van der Waals surface area contributed by atoms with E-state index in [9.17, 15) is 0 Å². The highest BCUT2D eigenvalue weighted by Gasteiger charge is 2.44. The van der Waals surface area contributed by atoms with Crippen molar-refractivity contribution >= 4 is 0 Å². The van der Waals surface area contributed by atoms with Gasteiger partial charge in [0.15, 0.2) is 0 Å². The first-order chi connectivity index (χ1) is 8.83. The van der Waals surface area contributed by atoms with E-state index >= 15 is 0 Å². The maximum Gasteiger partial charge on any atom is 0.0646 e. The first-order valence-corrected chi connectivity index (χ1v) is 7.85. The molecule has 18 heavy (non-hydrogen) atoms.